The molecule has 146 valence electrons. The maximum atomic E-state index is 11.9. The van der Waals surface area contributed by atoms with Gasteiger partial charge in [0.05, 0.1) is 11.9 Å². The smallest absolute Gasteiger partial charge is 0.255 e. The van der Waals surface area contributed by atoms with Gasteiger partial charge in [0, 0.05) is 53.6 Å². The molecular formula is C21H20N6OS. The Bertz CT molecular complexity index is 1110. The minimum absolute atomic E-state index is 0.0772. The van der Waals surface area contributed by atoms with Crippen LogP contribution in [0.2, 0.25) is 0 Å². The van der Waals surface area contributed by atoms with Crippen molar-refractivity contribution < 1.29 is 0 Å². The van der Waals surface area contributed by atoms with E-state index in [1.165, 1.54) is 11.8 Å². The third-order valence-corrected chi connectivity index (χ3v) is 6.17. The van der Waals surface area contributed by atoms with E-state index in [-0.39, 0.29) is 5.56 Å². The second kappa shape index (κ2) is 7.44. The average molecular weight is 404 g/mol. The average Bonchev–Trinajstić information content (AvgIpc) is 3.49. The van der Waals surface area contributed by atoms with Gasteiger partial charge in [-0.2, -0.15) is 0 Å². The molecule has 2 aliphatic rings. The molecule has 7 nitrogen and oxygen atoms in total. The lowest BCUT2D eigenvalue weighted by Crippen LogP contribution is -2.21. The summed E-state index contributed by atoms with van der Waals surface area (Å²) in [6.07, 6.45) is 11.2. The van der Waals surface area contributed by atoms with Gasteiger partial charge < -0.3 is 5.32 Å². The Morgan fingerprint density at radius 1 is 1.14 bits per heavy atom. The van der Waals surface area contributed by atoms with Crippen molar-refractivity contribution in [3.63, 3.8) is 0 Å². The summed E-state index contributed by atoms with van der Waals surface area (Å²) in [4.78, 5) is 31.0. The van der Waals surface area contributed by atoms with Crippen molar-refractivity contribution in [2.75, 3.05) is 11.6 Å². The molecule has 29 heavy (non-hydrogen) atoms. The van der Waals surface area contributed by atoms with E-state index >= 15 is 0 Å². The van der Waals surface area contributed by atoms with Crippen LogP contribution in [0.5, 0.6) is 0 Å². The Morgan fingerprint density at radius 3 is 2.72 bits per heavy atom. The molecule has 3 aromatic heterocycles. The molecule has 3 aromatic rings. The number of anilines is 1. The zero-order chi connectivity index (χ0) is 19.8. The normalized spacial score (nSPS) is 23.8. The Balaban J connectivity index is 1.29. The first kappa shape index (κ1) is 18.1. The minimum atomic E-state index is -0.0772. The lowest BCUT2D eigenvalue weighted by atomic mass is 10.1. The van der Waals surface area contributed by atoms with E-state index in [9.17, 15) is 4.79 Å². The predicted molar refractivity (Wildman–Crippen MR) is 114 cm³/mol. The van der Waals surface area contributed by atoms with Crippen LogP contribution in [0.25, 0.3) is 5.69 Å². The Labute approximate surface area is 172 Å². The van der Waals surface area contributed by atoms with Crippen LogP contribution in [0.3, 0.4) is 0 Å². The summed E-state index contributed by atoms with van der Waals surface area (Å²) < 4.78 is 1.57. The molecule has 0 spiro atoms. The second-order valence-electron chi connectivity index (χ2n) is 7.29. The van der Waals surface area contributed by atoms with Crippen molar-refractivity contribution in [2.45, 2.75) is 23.8 Å². The molecule has 0 radical (unpaired) electrons. The van der Waals surface area contributed by atoms with Crippen LogP contribution in [0.4, 0.5) is 11.8 Å². The third kappa shape index (κ3) is 3.67. The maximum Gasteiger partial charge on any atom is 0.255 e. The number of fused-ring (bicyclic) bond motifs is 1. The summed E-state index contributed by atoms with van der Waals surface area (Å²) in [5.74, 6) is 2.48. The number of nitrogens with one attached hydrogen (secondary N) is 1. The van der Waals surface area contributed by atoms with Crippen LogP contribution in [0.1, 0.15) is 12.8 Å². The second-order valence-corrected chi connectivity index (χ2v) is 8.17. The zero-order valence-corrected chi connectivity index (χ0v) is 16.7. The molecule has 0 aromatic carbocycles. The number of nitrogens with zero attached hydrogens (tertiary/aromatic N) is 5. The predicted octanol–water partition coefficient (Wildman–Crippen LogP) is 3.34. The molecule has 2 fully saturated rings. The van der Waals surface area contributed by atoms with Crippen molar-refractivity contribution in [1.82, 2.24) is 19.5 Å². The minimum Gasteiger partial charge on any atom is -0.351 e. The molecule has 5 rings (SSSR count). The molecule has 1 N–H and O–H groups in total. The van der Waals surface area contributed by atoms with Gasteiger partial charge in [-0.25, -0.2) is 19.9 Å². The summed E-state index contributed by atoms with van der Waals surface area (Å²) in [6, 6.07) is 9.15. The fourth-order valence-electron chi connectivity index (χ4n) is 3.89. The molecule has 0 saturated heterocycles. The number of hydrogen-bond donors (Lipinski definition) is 1. The van der Waals surface area contributed by atoms with Gasteiger partial charge in [0.2, 0.25) is 5.95 Å². The van der Waals surface area contributed by atoms with Gasteiger partial charge in [0.1, 0.15) is 0 Å². The van der Waals surface area contributed by atoms with Crippen LogP contribution in [-0.2, 0) is 0 Å². The van der Waals surface area contributed by atoms with E-state index in [2.05, 4.69) is 20.3 Å². The highest BCUT2D eigenvalue weighted by Crippen LogP contribution is 2.51. The summed E-state index contributed by atoms with van der Waals surface area (Å²) >= 11 is 1.63. The first-order valence-electron chi connectivity index (χ1n) is 9.55. The number of hydrogen-bond acceptors (Lipinski definition) is 7. The van der Waals surface area contributed by atoms with E-state index < -0.39 is 0 Å². The van der Waals surface area contributed by atoms with E-state index in [0.29, 0.717) is 29.6 Å². The van der Waals surface area contributed by atoms with Gasteiger partial charge in [0.15, 0.2) is 5.82 Å². The molecule has 8 heteroatoms. The summed E-state index contributed by atoms with van der Waals surface area (Å²) in [6.45, 7) is 0. The summed E-state index contributed by atoms with van der Waals surface area (Å²) in [7, 11) is 0. The summed E-state index contributed by atoms with van der Waals surface area (Å²) in [5, 5.41) is 3.47. The molecule has 3 heterocycles. The van der Waals surface area contributed by atoms with Gasteiger partial charge in [0.25, 0.3) is 5.56 Å². The SMILES string of the molecule is CSc1cnc(N[C@@H]2CC(=Nc3ccc(-n4ccccc4=O)cn3)C3C[C@H]32)nc1. The van der Waals surface area contributed by atoms with Crippen LogP contribution >= 0.6 is 11.8 Å². The lowest BCUT2D eigenvalue weighted by molar-refractivity contribution is 0.677. The highest BCUT2D eigenvalue weighted by atomic mass is 32.2. The highest BCUT2D eigenvalue weighted by molar-refractivity contribution is 7.98. The topological polar surface area (TPSA) is 85.1 Å². The van der Waals surface area contributed by atoms with Gasteiger partial charge in [-0.1, -0.05) is 6.07 Å². The molecular weight excluding hydrogens is 384 g/mol. The van der Waals surface area contributed by atoms with E-state index in [1.54, 1.807) is 34.8 Å². The molecule has 0 bridgehead atoms. The molecule has 0 amide bonds. The first-order chi connectivity index (χ1) is 14.2. The third-order valence-electron chi connectivity index (χ3n) is 5.48. The molecule has 1 unspecified atom stereocenters. The van der Waals surface area contributed by atoms with Crippen molar-refractivity contribution in [1.29, 1.82) is 0 Å². The first-order valence-corrected chi connectivity index (χ1v) is 10.8. The fraction of sp³-hybridized carbons (Fsp3) is 0.286. The van der Waals surface area contributed by atoms with Crippen LogP contribution in [0.15, 0.2) is 69.8 Å². The number of aromatic nitrogens is 4. The van der Waals surface area contributed by atoms with Gasteiger partial charge >= 0.3 is 0 Å². The number of pyridine rings is 2. The number of thioether (sulfide) groups is 1. The van der Waals surface area contributed by atoms with E-state index in [4.69, 9.17) is 4.99 Å². The Hall–Kier alpha value is -3.00. The van der Waals surface area contributed by atoms with Crippen molar-refractivity contribution in [3.05, 3.63) is 65.5 Å². The standard InChI is InChI=1S/C21H20N6OS/c1-29-14-11-23-21(24-12-14)26-18-9-17(15-8-16(15)18)25-19-6-5-13(10-22-19)27-7-3-2-4-20(27)28/h2-7,10-12,15-16,18H,8-9H2,1H3,(H,23,24,26)/t15?,16-,18-/m1/s1. The number of aliphatic imine (C=N–C) groups is 1. The van der Waals surface area contributed by atoms with Crippen molar-refractivity contribution in [2.24, 2.45) is 16.8 Å². The van der Waals surface area contributed by atoms with Crippen molar-refractivity contribution >= 4 is 29.2 Å². The van der Waals surface area contributed by atoms with Crippen LogP contribution in [-0.4, -0.2) is 37.5 Å². The molecule has 0 aliphatic heterocycles. The molecule has 2 aliphatic carbocycles. The maximum absolute atomic E-state index is 11.9. The van der Waals surface area contributed by atoms with Gasteiger partial charge in [-0.15, -0.1) is 11.8 Å². The van der Waals surface area contributed by atoms with E-state index in [1.807, 2.05) is 36.8 Å². The Kier molecular flexibility index (Phi) is 4.63. The number of rotatable bonds is 5. The quantitative estimate of drug-likeness (QED) is 0.657. The van der Waals surface area contributed by atoms with Gasteiger partial charge in [-0.05, 0) is 36.8 Å². The lowest BCUT2D eigenvalue weighted by Gasteiger charge is -2.14. The molecule has 3 atom stereocenters. The zero-order valence-electron chi connectivity index (χ0n) is 15.9. The van der Waals surface area contributed by atoms with Crippen LogP contribution in [0, 0.1) is 11.8 Å². The molecule has 2 saturated carbocycles. The largest absolute Gasteiger partial charge is 0.351 e. The fourth-order valence-corrected chi connectivity index (χ4v) is 4.21. The Morgan fingerprint density at radius 2 is 2.00 bits per heavy atom. The van der Waals surface area contributed by atoms with Gasteiger partial charge in [-0.3, -0.25) is 9.36 Å². The monoisotopic (exact) mass is 404 g/mol. The van der Waals surface area contributed by atoms with E-state index in [0.717, 1.165) is 23.4 Å². The van der Waals surface area contributed by atoms with Crippen molar-refractivity contribution in [3.8, 4) is 5.69 Å². The van der Waals surface area contributed by atoms with Crippen LogP contribution < -0.4 is 10.9 Å². The summed E-state index contributed by atoms with van der Waals surface area (Å²) in [5.41, 5.74) is 1.85. The highest BCUT2D eigenvalue weighted by Gasteiger charge is 2.52.